The first-order chi connectivity index (χ1) is 10.2. The second-order valence-electron chi connectivity index (χ2n) is 4.86. The average Bonchev–Trinajstić information content (AvgIpc) is 2.85. The minimum Gasteiger partial charge on any atom is -0.370 e. The van der Waals surface area contributed by atoms with Crippen LogP contribution in [-0.2, 0) is 6.42 Å². The van der Waals surface area contributed by atoms with Crippen molar-refractivity contribution in [2.24, 2.45) is 0 Å². The molecule has 0 aliphatic carbocycles. The lowest BCUT2D eigenvalue weighted by Crippen LogP contribution is -2.06. The highest BCUT2D eigenvalue weighted by Gasteiger charge is 2.03. The summed E-state index contributed by atoms with van der Waals surface area (Å²) in [5.74, 6) is 2.20. The Kier molecular flexibility index (Phi) is 3.77. The molecule has 108 valence electrons. The normalized spacial score (nSPS) is 11.0. The molecule has 2 aromatic heterocycles. The van der Waals surface area contributed by atoms with Crippen molar-refractivity contribution >= 4 is 16.9 Å². The lowest BCUT2D eigenvalue weighted by Gasteiger charge is -2.04. The Bertz CT molecular complexity index is 753. The average molecular weight is 285 g/mol. The van der Waals surface area contributed by atoms with Crippen LogP contribution in [0.25, 0.3) is 11.0 Å². The molecule has 0 radical (unpaired) electrons. The molecule has 2 heterocycles. The smallest absolute Gasteiger partial charge is 0.129 e. The highest BCUT2D eigenvalue weighted by atomic mass is 19.1. The molecule has 0 saturated carbocycles. The number of anilines is 1. The second kappa shape index (κ2) is 5.87. The topological polar surface area (TPSA) is 66.5 Å². The van der Waals surface area contributed by atoms with Gasteiger partial charge in [0.05, 0.1) is 11.0 Å². The van der Waals surface area contributed by atoms with Gasteiger partial charge in [0, 0.05) is 19.2 Å². The molecule has 0 amide bonds. The van der Waals surface area contributed by atoms with Crippen LogP contribution in [0.1, 0.15) is 18.1 Å². The van der Waals surface area contributed by atoms with Crippen molar-refractivity contribution in [1.82, 2.24) is 19.9 Å². The van der Waals surface area contributed by atoms with E-state index in [0.717, 1.165) is 47.9 Å². The second-order valence-corrected chi connectivity index (χ2v) is 4.86. The summed E-state index contributed by atoms with van der Waals surface area (Å²) in [4.78, 5) is 15.9. The number of hydrogen-bond acceptors (Lipinski definition) is 4. The summed E-state index contributed by atoms with van der Waals surface area (Å²) in [5, 5.41) is 3.25. The minimum atomic E-state index is -0.251. The van der Waals surface area contributed by atoms with Gasteiger partial charge < -0.3 is 10.3 Å². The summed E-state index contributed by atoms with van der Waals surface area (Å²) in [6, 6.07) is 6.42. The van der Waals surface area contributed by atoms with E-state index in [-0.39, 0.29) is 5.82 Å². The van der Waals surface area contributed by atoms with E-state index in [0.29, 0.717) is 0 Å². The lowest BCUT2D eigenvalue weighted by atomic mass is 10.3. The molecule has 0 fully saturated rings. The number of hydrogen-bond donors (Lipinski definition) is 2. The standard InChI is InChI=1S/C15H16FN5/c1-10-17-8-6-14(19-10)18-7-2-3-15-20-12-5-4-11(16)9-13(12)21-15/h4-6,8-9H,2-3,7H2,1H3,(H,20,21)(H,17,18,19). The van der Waals surface area contributed by atoms with Gasteiger partial charge in [0.25, 0.3) is 0 Å². The summed E-state index contributed by atoms with van der Waals surface area (Å²) in [6.45, 7) is 2.65. The van der Waals surface area contributed by atoms with E-state index in [9.17, 15) is 4.39 Å². The number of aromatic amines is 1. The third kappa shape index (κ3) is 3.34. The largest absolute Gasteiger partial charge is 0.370 e. The van der Waals surface area contributed by atoms with Gasteiger partial charge >= 0.3 is 0 Å². The molecule has 0 aliphatic rings. The molecule has 2 N–H and O–H groups in total. The fourth-order valence-electron chi connectivity index (χ4n) is 2.18. The van der Waals surface area contributed by atoms with Crippen molar-refractivity contribution in [2.75, 3.05) is 11.9 Å². The Hall–Kier alpha value is -2.50. The highest BCUT2D eigenvalue weighted by Crippen LogP contribution is 2.13. The first-order valence-electron chi connectivity index (χ1n) is 6.88. The van der Waals surface area contributed by atoms with Crippen molar-refractivity contribution in [3.8, 4) is 0 Å². The monoisotopic (exact) mass is 285 g/mol. The van der Waals surface area contributed by atoms with Crippen LogP contribution in [0.2, 0.25) is 0 Å². The fraction of sp³-hybridized carbons (Fsp3) is 0.267. The number of aromatic nitrogens is 4. The van der Waals surface area contributed by atoms with Gasteiger partial charge in [0.2, 0.25) is 0 Å². The van der Waals surface area contributed by atoms with Gasteiger partial charge in [-0.2, -0.15) is 0 Å². The Labute approximate surface area is 121 Å². The van der Waals surface area contributed by atoms with Gasteiger partial charge in [-0.1, -0.05) is 0 Å². The molecule has 0 saturated heterocycles. The van der Waals surface area contributed by atoms with E-state index in [1.54, 1.807) is 12.3 Å². The molecule has 21 heavy (non-hydrogen) atoms. The molecule has 0 bridgehead atoms. The Balaban J connectivity index is 1.54. The van der Waals surface area contributed by atoms with E-state index in [4.69, 9.17) is 0 Å². The minimum absolute atomic E-state index is 0.251. The van der Waals surface area contributed by atoms with E-state index >= 15 is 0 Å². The van der Waals surface area contributed by atoms with Crippen LogP contribution < -0.4 is 5.32 Å². The third-order valence-corrected chi connectivity index (χ3v) is 3.17. The number of H-pyrrole nitrogens is 1. The number of fused-ring (bicyclic) bond motifs is 1. The number of imidazole rings is 1. The zero-order chi connectivity index (χ0) is 14.7. The molecular weight excluding hydrogens is 269 g/mol. The van der Waals surface area contributed by atoms with Crippen LogP contribution in [0, 0.1) is 12.7 Å². The zero-order valence-corrected chi connectivity index (χ0v) is 11.7. The molecule has 3 rings (SSSR count). The molecule has 6 heteroatoms. The van der Waals surface area contributed by atoms with Gasteiger partial charge in [-0.3, -0.25) is 0 Å². The van der Waals surface area contributed by atoms with Gasteiger partial charge in [0.1, 0.15) is 23.3 Å². The number of nitrogens with one attached hydrogen (secondary N) is 2. The molecule has 0 atom stereocenters. The lowest BCUT2D eigenvalue weighted by molar-refractivity contribution is 0.629. The van der Waals surface area contributed by atoms with Crippen molar-refractivity contribution < 1.29 is 4.39 Å². The maximum atomic E-state index is 13.1. The van der Waals surface area contributed by atoms with Gasteiger partial charge in [0.15, 0.2) is 0 Å². The van der Waals surface area contributed by atoms with Crippen molar-refractivity contribution in [2.45, 2.75) is 19.8 Å². The van der Waals surface area contributed by atoms with Gasteiger partial charge in [-0.05, 0) is 37.6 Å². The molecule has 3 aromatic rings. The molecule has 0 unspecified atom stereocenters. The van der Waals surface area contributed by atoms with Gasteiger partial charge in [-0.15, -0.1) is 0 Å². The molecule has 1 aromatic carbocycles. The first-order valence-corrected chi connectivity index (χ1v) is 6.88. The van der Waals surface area contributed by atoms with Crippen LogP contribution in [-0.4, -0.2) is 26.5 Å². The summed E-state index contributed by atoms with van der Waals surface area (Å²) < 4.78 is 13.1. The summed E-state index contributed by atoms with van der Waals surface area (Å²) >= 11 is 0. The van der Waals surface area contributed by atoms with Crippen LogP contribution in [0.15, 0.2) is 30.5 Å². The molecule has 0 spiro atoms. The highest BCUT2D eigenvalue weighted by molar-refractivity contribution is 5.74. The van der Waals surface area contributed by atoms with E-state index in [1.165, 1.54) is 12.1 Å². The maximum Gasteiger partial charge on any atom is 0.129 e. The van der Waals surface area contributed by atoms with Gasteiger partial charge in [-0.25, -0.2) is 19.3 Å². The third-order valence-electron chi connectivity index (χ3n) is 3.17. The predicted molar refractivity (Wildman–Crippen MR) is 79.6 cm³/mol. The van der Waals surface area contributed by atoms with Crippen molar-refractivity contribution in [3.05, 3.63) is 47.9 Å². The van der Waals surface area contributed by atoms with E-state index in [2.05, 4.69) is 25.3 Å². The number of nitrogens with zero attached hydrogens (tertiary/aromatic N) is 3. The van der Waals surface area contributed by atoms with Crippen molar-refractivity contribution in [1.29, 1.82) is 0 Å². The Morgan fingerprint density at radius 3 is 3.00 bits per heavy atom. The molecule has 0 aliphatic heterocycles. The number of benzene rings is 1. The van der Waals surface area contributed by atoms with E-state index < -0.39 is 0 Å². The summed E-state index contributed by atoms with van der Waals surface area (Å²) in [5.41, 5.74) is 1.54. The summed E-state index contributed by atoms with van der Waals surface area (Å²) in [6.07, 6.45) is 3.44. The predicted octanol–water partition coefficient (Wildman–Crippen LogP) is 2.85. The number of aryl methyl sites for hydroxylation is 2. The van der Waals surface area contributed by atoms with Crippen molar-refractivity contribution in [3.63, 3.8) is 0 Å². The van der Waals surface area contributed by atoms with Crippen LogP contribution in [0.5, 0.6) is 0 Å². The first kappa shape index (κ1) is 13.5. The molecule has 5 nitrogen and oxygen atoms in total. The SMILES string of the molecule is Cc1nccc(NCCCc2nc3ccc(F)cc3[nH]2)n1. The van der Waals surface area contributed by atoms with E-state index in [1.807, 2.05) is 13.0 Å². The maximum absolute atomic E-state index is 13.1. The number of halogens is 1. The van der Waals surface area contributed by atoms with Crippen LogP contribution in [0.4, 0.5) is 10.2 Å². The van der Waals surface area contributed by atoms with Crippen LogP contribution >= 0.6 is 0 Å². The number of rotatable bonds is 5. The Morgan fingerprint density at radius 2 is 2.14 bits per heavy atom. The zero-order valence-electron chi connectivity index (χ0n) is 11.7. The Morgan fingerprint density at radius 1 is 1.24 bits per heavy atom. The molecular formula is C15H16FN5. The quantitative estimate of drug-likeness (QED) is 0.707. The summed E-state index contributed by atoms with van der Waals surface area (Å²) in [7, 11) is 0. The fourth-order valence-corrected chi connectivity index (χ4v) is 2.18. The van der Waals surface area contributed by atoms with Crippen LogP contribution in [0.3, 0.4) is 0 Å².